The average Bonchev–Trinajstić information content (AvgIpc) is 3.10. The lowest BCUT2D eigenvalue weighted by Crippen LogP contribution is -2.31. The summed E-state index contributed by atoms with van der Waals surface area (Å²) in [5.41, 5.74) is 2.29. The van der Waals surface area contributed by atoms with Crippen LogP contribution in [0.4, 0.5) is 0 Å². The number of Topliss-reactive ketones (excluding diaryl/α,β-unsaturated/α-hetero) is 1. The molecule has 10 heteroatoms. The maximum atomic E-state index is 13.5. The van der Waals surface area contributed by atoms with Crippen LogP contribution in [0.15, 0.2) is 18.2 Å². The second-order valence-electron chi connectivity index (χ2n) is 9.95. The van der Waals surface area contributed by atoms with Crippen LogP contribution in [0, 0.1) is 5.41 Å². The summed E-state index contributed by atoms with van der Waals surface area (Å²) in [6.07, 6.45) is -0.0987. The summed E-state index contributed by atoms with van der Waals surface area (Å²) < 4.78 is 17.3. The summed E-state index contributed by atoms with van der Waals surface area (Å²) in [4.78, 5) is 31.8. The van der Waals surface area contributed by atoms with Crippen LogP contribution >= 0.6 is 17.0 Å². The molecule has 0 radical (unpaired) electrons. The second-order valence-corrected chi connectivity index (χ2v) is 9.95. The molecular formula is C27H37BrN4O5. The van der Waals surface area contributed by atoms with Gasteiger partial charge in [-0.1, -0.05) is 20.8 Å². The Morgan fingerprint density at radius 1 is 1.19 bits per heavy atom. The molecule has 0 aliphatic carbocycles. The molecule has 2 N–H and O–H groups in total. The van der Waals surface area contributed by atoms with Crippen LogP contribution in [0.25, 0.3) is 0 Å². The Morgan fingerprint density at radius 2 is 1.86 bits per heavy atom. The Balaban J connectivity index is 0.00000481. The number of methoxy groups -OCH3 is 1. The number of benzene rings is 1. The van der Waals surface area contributed by atoms with Crippen LogP contribution in [0.3, 0.4) is 0 Å². The van der Waals surface area contributed by atoms with Gasteiger partial charge in [-0.25, -0.2) is 4.98 Å². The molecule has 0 spiro atoms. The standard InChI is InChI=1S/C27H36N4O5.BrH/c1-9-35-20-12-17-13-31(25(28)22(17)30-23(20)26(33)29-7)14-19(32)16-10-18(27(4,5)6)24(34-8)21(11-16)36-15(2)3;/h10-12,15,28H,9,13-14H2,1-8H3,(H,29,33);1H. The zero-order chi connectivity index (χ0) is 26.8. The summed E-state index contributed by atoms with van der Waals surface area (Å²) in [6.45, 7) is 12.5. The highest BCUT2D eigenvalue weighted by molar-refractivity contribution is 8.93. The third-order valence-corrected chi connectivity index (χ3v) is 5.80. The van der Waals surface area contributed by atoms with E-state index in [4.69, 9.17) is 19.6 Å². The maximum absolute atomic E-state index is 13.5. The fourth-order valence-corrected chi connectivity index (χ4v) is 4.11. The van der Waals surface area contributed by atoms with E-state index in [1.54, 1.807) is 24.1 Å². The molecule has 2 aromatic rings. The van der Waals surface area contributed by atoms with Crippen molar-refractivity contribution in [2.75, 3.05) is 27.3 Å². The SMILES string of the molecule is Br.CCOc1cc2c(nc1C(=O)NC)C(=N)N(CC(=O)c1cc(OC(C)C)c(OC)c(C(C)(C)C)c1)C2. The number of nitrogens with one attached hydrogen (secondary N) is 2. The van der Waals surface area contributed by atoms with Gasteiger partial charge in [0.15, 0.2) is 28.7 Å². The summed E-state index contributed by atoms with van der Waals surface area (Å²) in [5, 5.41) is 11.2. The highest BCUT2D eigenvalue weighted by Gasteiger charge is 2.32. The Labute approximate surface area is 229 Å². The third-order valence-electron chi connectivity index (χ3n) is 5.80. The van der Waals surface area contributed by atoms with Gasteiger partial charge >= 0.3 is 0 Å². The lowest BCUT2D eigenvalue weighted by Gasteiger charge is -2.26. The fraction of sp³-hybridized carbons (Fsp3) is 0.481. The van der Waals surface area contributed by atoms with Crippen LogP contribution < -0.4 is 19.5 Å². The number of halogens is 1. The van der Waals surface area contributed by atoms with Crippen LogP contribution in [0.1, 0.15) is 79.2 Å². The number of amides is 1. The molecule has 0 unspecified atom stereocenters. The molecule has 9 nitrogen and oxygen atoms in total. The molecule has 0 fully saturated rings. The molecule has 0 atom stereocenters. The van der Waals surface area contributed by atoms with Gasteiger partial charge in [0, 0.05) is 30.3 Å². The van der Waals surface area contributed by atoms with E-state index in [0.29, 0.717) is 41.7 Å². The van der Waals surface area contributed by atoms with Gasteiger partial charge in [0.05, 0.1) is 26.4 Å². The van der Waals surface area contributed by atoms with Crippen molar-refractivity contribution in [3.63, 3.8) is 0 Å². The highest BCUT2D eigenvalue weighted by Crippen LogP contribution is 2.40. The first-order valence-electron chi connectivity index (χ1n) is 12.1. The minimum Gasteiger partial charge on any atom is -0.493 e. The van der Waals surface area contributed by atoms with E-state index < -0.39 is 5.91 Å². The zero-order valence-electron chi connectivity index (χ0n) is 22.8. The van der Waals surface area contributed by atoms with Gasteiger partial charge in [-0.3, -0.25) is 15.0 Å². The quantitative estimate of drug-likeness (QED) is 0.421. The van der Waals surface area contributed by atoms with E-state index in [9.17, 15) is 9.59 Å². The molecule has 1 amide bonds. The zero-order valence-corrected chi connectivity index (χ0v) is 24.5. The number of ether oxygens (including phenoxy) is 3. The molecule has 202 valence electrons. The number of aromatic nitrogens is 1. The number of hydrogen-bond acceptors (Lipinski definition) is 7. The minimum atomic E-state index is -0.394. The van der Waals surface area contributed by atoms with E-state index in [0.717, 1.165) is 11.1 Å². The average molecular weight is 578 g/mol. The highest BCUT2D eigenvalue weighted by atomic mass is 79.9. The smallest absolute Gasteiger partial charge is 0.273 e. The molecule has 1 aliphatic heterocycles. The Bertz CT molecular complexity index is 1190. The van der Waals surface area contributed by atoms with Gasteiger partial charge in [0.2, 0.25) is 0 Å². The topological polar surface area (TPSA) is 114 Å². The van der Waals surface area contributed by atoms with Crippen molar-refractivity contribution in [3.8, 4) is 17.2 Å². The van der Waals surface area contributed by atoms with E-state index in [1.807, 2.05) is 26.8 Å². The summed E-state index contributed by atoms with van der Waals surface area (Å²) in [7, 11) is 3.11. The molecule has 1 aromatic heterocycles. The Morgan fingerprint density at radius 3 is 2.41 bits per heavy atom. The number of nitrogens with zero attached hydrogens (tertiary/aromatic N) is 2. The van der Waals surface area contributed by atoms with Gasteiger partial charge in [0.1, 0.15) is 11.5 Å². The van der Waals surface area contributed by atoms with Crippen molar-refractivity contribution in [2.45, 2.75) is 59.6 Å². The van der Waals surface area contributed by atoms with Crippen molar-refractivity contribution < 1.29 is 23.8 Å². The maximum Gasteiger partial charge on any atom is 0.273 e. The van der Waals surface area contributed by atoms with Crippen molar-refractivity contribution in [1.82, 2.24) is 15.2 Å². The number of amidine groups is 1. The largest absolute Gasteiger partial charge is 0.493 e. The summed E-state index contributed by atoms with van der Waals surface area (Å²) in [5.74, 6) is 1.02. The first kappa shape index (κ1) is 30.1. The predicted molar refractivity (Wildman–Crippen MR) is 148 cm³/mol. The summed E-state index contributed by atoms with van der Waals surface area (Å²) >= 11 is 0. The molecule has 1 aliphatic rings. The molecular weight excluding hydrogens is 540 g/mol. The van der Waals surface area contributed by atoms with E-state index in [2.05, 4.69) is 31.1 Å². The van der Waals surface area contributed by atoms with Crippen LogP contribution in [0.5, 0.6) is 17.2 Å². The molecule has 0 bridgehead atoms. The molecule has 0 saturated carbocycles. The first-order chi connectivity index (χ1) is 16.9. The van der Waals surface area contributed by atoms with Crippen LogP contribution in [-0.4, -0.2) is 60.8 Å². The van der Waals surface area contributed by atoms with E-state index >= 15 is 0 Å². The van der Waals surface area contributed by atoms with Gasteiger partial charge in [-0.15, -0.1) is 17.0 Å². The minimum absolute atomic E-state index is 0. The second kappa shape index (κ2) is 11.9. The Hall–Kier alpha value is -3.14. The number of carbonyl (C=O) groups is 2. The number of fused-ring (bicyclic) bond motifs is 1. The fourth-order valence-electron chi connectivity index (χ4n) is 4.11. The molecule has 1 aromatic carbocycles. The predicted octanol–water partition coefficient (Wildman–Crippen LogP) is 4.53. The lowest BCUT2D eigenvalue weighted by molar-refractivity contribution is 0.0949. The van der Waals surface area contributed by atoms with Gasteiger partial charge in [-0.2, -0.15) is 0 Å². The molecule has 3 rings (SSSR count). The van der Waals surface area contributed by atoms with Crippen molar-refractivity contribution in [1.29, 1.82) is 5.41 Å². The van der Waals surface area contributed by atoms with Gasteiger partial charge in [-0.05, 0) is 44.4 Å². The van der Waals surface area contributed by atoms with E-state index in [-0.39, 0.29) is 52.4 Å². The van der Waals surface area contributed by atoms with Crippen molar-refractivity contribution in [3.05, 3.63) is 46.3 Å². The van der Waals surface area contributed by atoms with Crippen molar-refractivity contribution >= 4 is 34.5 Å². The van der Waals surface area contributed by atoms with E-state index in [1.165, 1.54) is 7.05 Å². The number of carbonyl (C=O) groups excluding carboxylic acids is 2. The summed E-state index contributed by atoms with van der Waals surface area (Å²) in [6, 6.07) is 5.28. The molecule has 2 heterocycles. The first-order valence-corrected chi connectivity index (χ1v) is 12.1. The normalized spacial score (nSPS) is 12.7. The number of hydrogen-bond donors (Lipinski definition) is 2. The van der Waals surface area contributed by atoms with Crippen molar-refractivity contribution in [2.24, 2.45) is 0 Å². The number of ketones is 1. The van der Waals surface area contributed by atoms with Gasteiger partial charge < -0.3 is 24.4 Å². The van der Waals surface area contributed by atoms with Crippen LogP contribution in [-0.2, 0) is 12.0 Å². The van der Waals surface area contributed by atoms with Crippen LogP contribution in [0.2, 0.25) is 0 Å². The number of rotatable bonds is 9. The monoisotopic (exact) mass is 576 g/mol. The number of pyridine rings is 1. The van der Waals surface area contributed by atoms with Gasteiger partial charge in [0.25, 0.3) is 5.91 Å². The Kier molecular flexibility index (Phi) is 9.71. The molecule has 0 saturated heterocycles. The third kappa shape index (κ3) is 6.41. The lowest BCUT2D eigenvalue weighted by atomic mass is 9.84. The molecule has 37 heavy (non-hydrogen) atoms.